The molecule has 4 rings (SSSR count). The van der Waals surface area contributed by atoms with Crippen LogP contribution in [-0.2, 0) is 14.3 Å². The third kappa shape index (κ3) is 5.13. The molecule has 0 saturated heterocycles. The molecule has 1 amide bonds. The molecule has 1 aromatic heterocycles. The van der Waals surface area contributed by atoms with Crippen LogP contribution in [0.15, 0.2) is 72.9 Å². The highest BCUT2D eigenvalue weighted by Crippen LogP contribution is 2.32. The second-order valence-corrected chi connectivity index (χ2v) is 7.12. The summed E-state index contributed by atoms with van der Waals surface area (Å²) in [5.74, 6) is 0.581. The molecule has 1 atom stereocenters. The molecule has 7 nitrogen and oxygen atoms in total. The fourth-order valence-electron chi connectivity index (χ4n) is 3.33. The number of hydrogen-bond acceptors (Lipinski definition) is 6. The van der Waals surface area contributed by atoms with Gasteiger partial charge in [0.15, 0.2) is 11.5 Å². The maximum Gasteiger partial charge on any atom is 0.307 e. The number of carbonyl (C=O) groups is 2. The number of fused-ring (bicyclic) bond motifs is 1. The second kappa shape index (κ2) is 9.78. The van der Waals surface area contributed by atoms with Gasteiger partial charge in [0.2, 0.25) is 12.7 Å². The van der Waals surface area contributed by atoms with Crippen LogP contribution >= 0.6 is 0 Å². The van der Waals surface area contributed by atoms with Gasteiger partial charge in [-0.15, -0.1) is 0 Å². The summed E-state index contributed by atoms with van der Waals surface area (Å²) in [6.45, 7) is 0.192. The van der Waals surface area contributed by atoms with Crippen LogP contribution in [0.1, 0.15) is 23.6 Å². The van der Waals surface area contributed by atoms with E-state index in [0.717, 1.165) is 22.4 Å². The largest absolute Gasteiger partial charge is 0.469 e. The predicted molar refractivity (Wildman–Crippen MR) is 119 cm³/mol. The van der Waals surface area contributed by atoms with Crippen LogP contribution in [0.5, 0.6) is 11.5 Å². The summed E-state index contributed by atoms with van der Waals surface area (Å²) in [5.41, 5.74) is 3.38. The van der Waals surface area contributed by atoms with Crippen LogP contribution in [0.4, 0.5) is 0 Å². The van der Waals surface area contributed by atoms with Gasteiger partial charge in [-0.3, -0.25) is 14.6 Å². The van der Waals surface area contributed by atoms with E-state index < -0.39 is 12.0 Å². The van der Waals surface area contributed by atoms with Crippen molar-refractivity contribution in [2.24, 2.45) is 0 Å². The van der Waals surface area contributed by atoms with Gasteiger partial charge in [0, 0.05) is 17.8 Å². The van der Waals surface area contributed by atoms with E-state index >= 15 is 0 Å². The lowest BCUT2D eigenvalue weighted by molar-refractivity contribution is -0.141. The number of carbonyl (C=O) groups excluding carboxylic acids is 2. The molecule has 0 bridgehead atoms. The molecule has 0 aliphatic carbocycles. The van der Waals surface area contributed by atoms with Gasteiger partial charge in [0.25, 0.3) is 0 Å². The van der Waals surface area contributed by atoms with Crippen molar-refractivity contribution >= 4 is 18.0 Å². The van der Waals surface area contributed by atoms with Crippen molar-refractivity contribution in [2.45, 2.75) is 12.5 Å². The van der Waals surface area contributed by atoms with E-state index in [4.69, 9.17) is 14.2 Å². The first-order valence-electron chi connectivity index (χ1n) is 10.1. The van der Waals surface area contributed by atoms with Gasteiger partial charge in [-0.1, -0.05) is 36.4 Å². The molecule has 162 valence electrons. The topological polar surface area (TPSA) is 86.8 Å². The Bertz CT molecular complexity index is 1130. The lowest BCUT2D eigenvalue weighted by atomic mass is 10.0. The number of nitrogens with zero attached hydrogens (tertiary/aromatic N) is 1. The zero-order valence-electron chi connectivity index (χ0n) is 17.5. The zero-order valence-corrected chi connectivity index (χ0v) is 17.5. The van der Waals surface area contributed by atoms with Crippen LogP contribution in [-0.4, -0.2) is 30.8 Å². The van der Waals surface area contributed by atoms with Gasteiger partial charge in [-0.05, 0) is 41.5 Å². The van der Waals surface area contributed by atoms with Gasteiger partial charge in [0.05, 0.1) is 25.3 Å². The predicted octanol–water partition coefficient (Wildman–Crippen LogP) is 3.91. The fraction of sp³-hybridized carbons (Fsp3) is 0.160. The van der Waals surface area contributed by atoms with Crippen LogP contribution in [0, 0.1) is 0 Å². The van der Waals surface area contributed by atoms with E-state index in [1.54, 1.807) is 24.4 Å². The highest BCUT2D eigenvalue weighted by molar-refractivity contribution is 5.92. The number of amides is 1. The van der Waals surface area contributed by atoms with E-state index in [2.05, 4.69) is 10.3 Å². The average Bonchev–Trinajstić information content (AvgIpc) is 3.31. The van der Waals surface area contributed by atoms with Crippen molar-refractivity contribution in [3.63, 3.8) is 0 Å². The first-order chi connectivity index (χ1) is 15.6. The number of aromatic nitrogens is 1. The number of benzene rings is 2. The number of esters is 1. The first-order valence-corrected chi connectivity index (χ1v) is 10.1. The molecule has 0 saturated carbocycles. The Balaban J connectivity index is 1.47. The van der Waals surface area contributed by atoms with E-state index in [-0.39, 0.29) is 19.1 Å². The second-order valence-electron chi connectivity index (χ2n) is 7.12. The summed E-state index contributed by atoms with van der Waals surface area (Å²) in [7, 11) is 1.32. The molecule has 1 N–H and O–H groups in total. The Hall–Kier alpha value is -4.13. The van der Waals surface area contributed by atoms with Gasteiger partial charge in [-0.25, -0.2) is 0 Å². The maximum atomic E-state index is 12.6. The summed E-state index contributed by atoms with van der Waals surface area (Å²) < 4.78 is 15.4. The lowest BCUT2D eigenvalue weighted by Crippen LogP contribution is -2.29. The SMILES string of the molecule is COC(=O)CC(NC(=O)/C=C/c1ccc2c(c1)OCO2)c1ccc(-c2ccccn2)cc1. The van der Waals surface area contributed by atoms with Crippen LogP contribution in [0.3, 0.4) is 0 Å². The first kappa shape index (κ1) is 21.1. The molecule has 1 aliphatic rings. The molecule has 0 fully saturated rings. The van der Waals surface area contributed by atoms with Crippen LogP contribution in [0.25, 0.3) is 17.3 Å². The zero-order chi connectivity index (χ0) is 22.3. The Kier molecular flexibility index (Phi) is 6.46. The molecule has 1 unspecified atom stereocenters. The molecule has 3 aromatic rings. The molecule has 7 heteroatoms. The van der Waals surface area contributed by atoms with E-state index in [1.165, 1.54) is 13.2 Å². The van der Waals surface area contributed by atoms with Crippen molar-refractivity contribution < 1.29 is 23.8 Å². The number of hydrogen-bond donors (Lipinski definition) is 1. The minimum absolute atomic E-state index is 0.0169. The van der Waals surface area contributed by atoms with Gasteiger partial charge < -0.3 is 19.5 Å². The fourth-order valence-corrected chi connectivity index (χ4v) is 3.33. The molecule has 1 aliphatic heterocycles. The number of nitrogens with one attached hydrogen (secondary N) is 1. The smallest absolute Gasteiger partial charge is 0.307 e. The number of rotatable bonds is 7. The summed E-state index contributed by atoms with van der Waals surface area (Å²) in [5, 5.41) is 2.88. The summed E-state index contributed by atoms with van der Waals surface area (Å²) in [6, 6.07) is 18.2. The molecule has 2 heterocycles. The normalized spacial score (nSPS) is 13.0. The van der Waals surface area contributed by atoms with Crippen LogP contribution in [0.2, 0.25) is 0 Å². The van der Waals surface area contributed by atoms with E-state index in [1.807, 2.05) is 48.5 Å². The van der Waals surface area contributed by atoms with Crippen molar-refractivity contribution in [3.8, 4) is 22.8 Å². The monoisotopic (exact) mass is 430 g/mol. The number of ether oxygens (including phenoxy) is 3. The minimum atomic E-state index is -0.533. The molecular weight excluding hydrogens is 408 g/mol. The quantitative estimate of drug-likeness (QED) is 0.452. The average molecular weight is 430 g/mol. The van der Waals surface area contributed by atoms with Gasteiger partial charge in [-0.2, -0.15) is 0 Å². The molecule has 0 radical (unpaired) electrons. The Morgan fingerprint density at radius 2 is 1.91 bits per heavy atom. The Labute approximate surface area is 185 Å². The third-order valence-electron chi connectivity index (χ3n) is 5.01. The Morgan fingerprint density at radius 1 is 1.09 bits per heavy atom. The minimum Gasteiger partial charge on any atom is -0.469 e. The summed E-state index contributed by atoms with van der Waals surface area (Å²) in [6.07, 6.45) is 4.85. The summed E-state index contributed by atoms with van der Waals surface area (Å²) in [4.78, 5) is 28.8. The maximum absolute atomic E-state index is 12.6. The van der Waals surface area contributed by atoms with Crippen molar-refractivity contribution in [1.29, 1.82) is 0 Å². The van der Waals surface area contributed by atoms with Crippen LogP contribution < -0.4 is 14.8 Å². The molecular formula is C25H22N2O5. The van der Waals surface area contributed by atoms with Crippen molar-refractivity contribution in [1.82, 2.24) is 10.3 Å². The Morgan fingerprint density at radius 3 is 2.66 bits per heavy atom. The van der Waals surface area contributed by atoms with E-state index in [9.17, 15) is 9.59 Å². The highest BCUT2D eigenvalue weighted by Gasteiger charge is 2.18. The number of methoxy groups -OCH3 is 1. The molecule has 2 aromatic carbocycles. The van der Waals surface area contributed by atoms with Gasteiger partial charge >= 0.3 is 5.97 Å². The van der Waals surface area contributed by atoms with Crippen molar-refractivity contribution in [2.75, 3.05) is 13.9 Å². The number of pyridine rings is 1. The summed E-state index contributed by atoms with van der Waals surface area (Å²) >= 11 is 0. The van der Waals surface area contributed by atoms with E-state index in [0.29, 0.717) is 11.5 Å². The molecule has 0 spiro atoms. The molecule has 32 heavy (non-hydrogen) atoms. The van der Waals surface area contributed by atoms with Gasteiger partial charge in [0.1, 0.15) is 0 Å². The standard InChI is InChI=1S/C25H22N2O5/c1-30-25(29)15-21(19-9-7-18(8-10-19)20-4-2-3-13-26-20)27-24(28)12-6-17-5-11-22-23(14-17)32-16-31-22/h2-14,21H,15-16H2,1H3,(H,27,28)/b12-6+. The third-order valence-corrected chi connectivity index (χ3v) is 5.01. The van der Waals surface area contributed by atoms with Crippen molar-refractivity contribution in [3.05, 3.63) is 84.1 Å². The highest BCUT2D eigenvalue weighted by atomic mass is 16.7. The lowest BCUT2D eigenvalue weighted by Gasteiger charge is -2.17.